The van der Waals surface area contributed by atoms with E-state index in [2.05, 4.69) is 35.8 Å². The van der Waals surface area contributed by atoms with E-state index in [4.69, 9.17) is 4.74 Å². The van der Waals surface area contributed by atoms with E-state index >= 15 is 0 Å². The smallest absolute Gasteiger partial charge is 0.249 e. The fraction of sp³-hybridized carbons (Fsp3) is 0.500. The number of hydrogen-bond donors (Lipinski definition) is 1. The minimum atomic E-state index is -0.252. The molecule has 0 spiro atoms. The summed E-state index contributed by atoms with van der Waals surface area (Å²) >= 11 is 1.72. The number of carbonyl (C=O) groups is 1. The third kappa shape index (κ3) is 3.27. The second-order valence-corrected chi connectivity index (χ2v) is 5.38. The fourth-order valence-corrected chi connectivity index (χ4v) is 2.47. The molecule has 1 aromatic rings. The first kappa shape index (κ1) is 13.4. The van der Waals surface area contributed by atoms with Crippen LogP contribution < -0.4 is 5.32 Å². The normalized spacial score (nSPS) is 20.7. The summed E-state index contributed by atoms with van der Waals surface area (Å²) < 4.78 is 5.37. The molecule has 1 aliphatic heterocycles. The van der Waals surface area contributed by atoms with Gasteiger partial charge >= 0.3 is 0 Å². The van der Waals surface area contributed by atoms with E-state index in [1.54, 1.807) is 11.8 Å². The van der Waals surface area contributed by atoms with Gasteiger partial charge in [-0.1, -0.05) is 12.1 Å². The Labute approximate surface area is 112 Å². The van der Waals surface area contributed by atoms with Gasteiger partial charge in [-0.15, -0.1) is 11.8 Å². The molecule has 0 bridgehead atoms. The highest BCUT2D eigenvalue weighted by Crippen LogP contribution is 2.20. The number of amides is 1. The van der Waals surface area contributed by atoms with Gasteiger partial charge in [0.15, 0.2) is 0 Å². The standard InChI is InChI=1S/C14H19NO2S/c1-10(11-5-7-12(18-2)8-6-11)15-14(16)13-4-3-9-17-13/h5-8,10,13H,3-4,9H2,1-2H3,(H,15,16). The molecule has 1 aromatic carbocycles. The number of rotatable bonds is 4. The fourth-order valence-electron chi connectivity index (χ4n) is 2.07. The minimum Gasteiger partial charge on any atom is -0.368 e. The monoisotopic (exact) mass is 265 g/mol. The SMILES string of the molecule is CSc1ccc(C(C)NC(=O)C2CCCO2)cc1. The Morgan fingerprint density at radius 1 is 1.44 bits per heavy atom. The van der Waals surface area contributed by atoms with Crippen molar-refractivity contribution in [2.75, 3.05) is 12.9 Å². The van der Waals surface area contributed by atoms with Crippen LogP contribution in [-0.4, -0.2) is 24.9 Å². The molecular formula is C14H19NO2S. The number of nitrogens with one attached hydrogen (secondary N) is 1. The summed E-state index contributed by atoms with van der Waals surface area (Å²) in [4.78, 5) is 13.1. The summed E-state index contributed by atoms with van der Waals surface area (Å²) in [6.45, 7) is 2.70. The Morgan fingerprint density at radius 2 is 2.17 bits per heavy atom. The summed E-state index contributed by atoms with van der Waals surface area (Å²) in [6.07, 6.45) is 3.62. The van der Waals surface area contributed by atoms with E-state index in [0.717, 1.165) is 18.4 Å². The molecule has 18 heavy (non-hydrogen) atoms. The van der Waals surface area contributed by atoms with Gasteiger partial charge in [0.1, 0.15) is 6.10 Å². The maximum Gasteiger partial charge on any atom is 0.249 e. The Hall–Kier alpha value is -1.00. The van der Waals surface area contributed by atoms with Gasteiger partial charge in [0.25, 0.3) is 0 Å². The zero-order valence-electron chi connectivity index (χ0n) is 10.8. The Bertz CT molecular complexity index is 399. The van der Waals surface area contributed by atoms with E-state index in [-0.39, 0.29) is 18.1 Å². The van der Waals surface area contributed by atoms with Crippen LogP contribution in [0.1, 0.15) is 31.4 Å². The van der Waals surface area contributed by atoms with Crippen molar-refractivity contribution < 1.29 is 9.53 Å². The molecule has 2 unspecified atom stereocenters. The lowest BCUT2D eigenvalue weighted by Crippen LogP contribution is -2.35. The summed E-state index contributed by atoms with van der Waals surface area (Å²) in [7, 11) is 0. The summed E-state index contributed by atoms with van der Waals surface area (Å²) in [5.74, 6) is 0.00828. The van der Waals surface area contributed by atoms with E-state index in [0.29, 0.717) is 6.61 Å². The molecule has 0 radical (unpaired) electrons. The van der Waals surface area contributed by atoms with Crippen LogP contribution in [0.3, 0.4) is 0 Å². The lowest BCUT2D eigenvalue weighted by Gasteiger charge is -2.17. The lowest BCUT2D eigenvalue weighted by molar-refractivity contribution is -0.130. The highest BCUT2D eigenvalue weighted by atomic mass is 32.2. The molecule has 1 amide bonds. The van der Waals surface area contributed by atoms with Crippen LogP contribution >= 0.6 is 11.8 Å². The van der Waals surface area contributed by atoms with E-state index in [1.807, 2.05) is 6.92 Å². The average Bonchev–Trinajstić information content (AvgIpc) is 2.92. The summed E-state index contributed by atoms with van der Waals surface area (Å²) in [5, 5.41) is 3.00. The summed E-state index contributed by atoms with van der Waals surface area (Å²) in [6, 6.07) is 8.31. The first-order valence-electron chi connectivity index (χ1n) is 6.26. The molecule has 1 fully saturated rings. The lowest BCUT2D eigenvalue weighted by atomic mass is 10.1. The van der Waals surface area contributed by atoms with Gasteiger partial charge in [0, 0.05) is 11.5 Å². The van der Waals surface area contributed by atoms with E-state index in [1.165, 1.54) is 4.90 Å². The molecular weight excluding hydrogens is 246 g/mol. The number of thioether (sulfide) groups is 1. The summed E-state index contributed by atoms with van der Waals surface area (Å²) in [5.41, 5.74) is 1.12. The number of benzene rings is 1. The molecule has 1 saturated heterocycles. The van der Waals surface area contributed by atoms with E-state index < -0.39 is 0 Å². The number of ether oxygens (including phenoxy) is 1. The van der Waals surface area contributed by atoms with Crippen molar-refractivity contribution in [3.63, 3.8) is 0 Å². The van der Waals surface area contributed by atoms with Crippen LogP contribution in [0, 0.1) is 0 Å². The van der Waals surface area contributed by atoms with Crippen molar-refractivity contribution in [1.29, 1.82) is 0 Å². The second kappa shape index (κ2) is 6.25. The number of carbonyl (C=O) groups excluding carboxylic acids is 1. The van der Waals surface area contributed by atoms with Gasteiger partial charge in [-0.2, -0.15) is 0 Å². The van der Waals surface area contributed by atoms with Crippen LogP contribution in [0.25, 0.3) is 0 Å². The van der Waals surface area contributed by atoms with Gasteiger partial charge in [0.2, 0.25) is 5.91 Å². The van der Waals surface area contributed by atoms with Crippen molar-refractivity contribution in [2.45, 2.75) is 36.8 Å². The van der Waals surface area contributed by atoms with Crippen molar-refractivity contribution >= 4 is 17.7 Å². The first-order chi connectivity index (χ1) is 8.70. The van der Waals surface area contributed by atoms with Crippen LogP contribution in [0.2, 0.25) is 0 Å². The molecule has 98 valence electrons. The first-order valence-corrected chi connectivity index (χ1v) is 7.49. The predicted molar refractivity (Wildman–Crippen MR) is 73.8 cm³/mol. The van der Waals surface area contributed by atoms with Crippen LogP contribution in [0.5, 0.6) is 0 Å². The zero-order chi connectivity index (χ0) is 13.0. The zero-order valence-corrected chi connectivity index (χ0v) is 11.6. The highest BCUT2D eigenvalue weighted by Gasteiger charge is 2.24. The van der Waals surface area contributed by atoms with Gasteiger partial charge in [0.05, 0.1) is 6.04 Å². The van der Waals surface area contributed by atoms with Gasteiger partial charge < -0.3 is 10.1 Å². The Kier molecular flexibility index (Phi) is 4.66. The molecule has 2 rings (SSSR count). The van der Waals surface area contributed by atoms with Crippen molar-refractivity contribution in [3.8, 4) is 0 Å². The van der Waals surface area contributed by atoms with E-state index in [9.17, 15) is 4.79 Å². The molecule has 2 atom stereocenters. The minimum absolute atomic E-state index is 0.00828. The van der Waals surface area contributed by atoms with Crippen molar-refractivity contribution in [3.05, 3.63) is 29.8 Å². The molecule has 1 N–H and O–H groups in total. The molecule has 4 heteroatoms. The Morgan fingerprint density at radius 3 is 2.72 bits per heavy atom. The number of hydrogen-bond acceptors (Lipinski definition) is 3. The molecule has 0 aromatic heterocycles. The molecule has 3 nitrogen and oxygen atoms in total. The molecule has 1 heterocycles. The topological polar surface area (TPSA) is 38.3 Å². The maximum absolute atomic E-state index is 11.9. The van der Waals surface area contributed by atoms with Gasteiger partial charge in [-0.05, 0) is 43.7 Å². The third-order valence-electron chi connectivity index (χ3n) is 3.20. The van der Waals surface area contributed by atoms with Crippen molar-refractivity contribution in [1.82, 2.24) is 5.32 Å². The second-order valence-electron chi connectivity index (χ2n) is 4.51. The van der Waals surface area contributed by atoms with Crippen LogP contribution in [-0.2, 0) is 9.53 Å². The van der Waals surface area contributed by atoms with Gasteiger partial charge in [-0.25, -0.2) is 0 Å². The maximum atomic E-state index is 11.9. The van der Waals surface area contributed by atoms with Crippen LogP contribution in [0.4, 0.5) is 0 Å². The molecule has 1 aliphatic rings. The molecule has 0 saturated carbocycles. The Balaban J connectivity index is 1.93. The average molecular weight is 265 g/mol. The highest BCUT2D eigenvalue weighted by molar-refractivity contribution is 7.98. The largest absolute Gasteiger partial charge is 0.368 e. The predicted octanol–water partition coefficient (Wildman–Crippen LogP) is 2.76. The molecule has 0 aliphatic carbocycles. The quantitative estimate of drug-likeness (QED) is 0.851. The van der Waals surface area contributed by atoms with Crippen LogP contribution in [0.15, 0.2) is 29.2 Å². The third-order valence-corrected chi connectivity index (χ3v) is 3.94. The van der Waals surface area contributed by atoms with Crippen molar-refractivity contribution in [2.24, 2.45) is 0 Å². The van der Waals surface area contributed by atoms with Gasteiger partial charge in [-0.3, -0.25) is 4.79 Å².